The standard InChI is InChI=1S/C20H25N3O4/c1-25-16-8-12(9-17(26-2)19(16)27-3)14-10-18(24)22-20-15(14)11-21-23(20)13-6-4-5-7-13/h8-9,11,13-14H,4-7,10H2,1-3H3,(H,22,24). The largest absolute Gasteiger partial charge is 0.493 e. The second kappa shape index (κ2) is 7.13. The van der Waals surface area contributed by atoms with Crippen LogP contribution in [0, 0.1) is 0 Å². The molecule has 7 nitrogen and oxygen atoms in total. The van der Waals surface area contributed by atoms with Gasteiger partial charge >= 0.3 is 0 Å². The van der Waals surface area contributed by atoms with Gasteiger partial charge in [0.25, 0.3) is 0 Å². The summed E-state index contributed by atoms with van der Waals surface area (Å²) < 4.78 is 18.4. The number of hydrogen-bond donors (Lipinski definition) is 1. The Morgan fingerprint density at radius 3 is 2.33 bits per heavy atom. The zero-order valence-electron chi connectivity index (χ0n) is 15.9. The van der Waals surface area contributed by atoms with Crippen LogP contribution in [-0.2, 0) is 4.79 Å². The number of benzene rings is 1. The first-order valence-corrected chi connectivity index (χ1v) is 9.33. The normalized spacial score (nSPS) is 19.5. The molecule has 0 bridgehead atoms. The first-order chi connectivity index (χ1) is 13.2. The van der Waals surface area contributed by atoms with E-state index in [0.29, 0.717) is 29.7 Å². The van der Waals surface area contributed by atoms with E-state index in [2.05, 4.69) is 10.4 Å². The van der Waals surface area contributed by atoms with Gasteiger partial charge in [0, 0.05) is 17.9 Å². The van der Waals surface area contributed by atoms with E-state index in [1.165, 1.54) is 12.8 Å². The highest BCUT2D eigenvalue weighted by molar-refractivity contribution is 5.94. The van der Waals surface area contributed by atoms with E-state index in [1.807, 2.05) is 23.0 Å². The maximum atomic E-state index is 12.5. The van der Waals surface area contributed by atoms with Gasteiger partial charge in [-0.3, -0.25) is 4.79 Å². The van der Waals surface area contributed by atoms with Crippen molar-refractivity contribution in [2.45, 2.75) is 44.1 Å². The Morgan fingerprint density at radius 2 is 1.74 bits per heavy atom. The van der Waals surface area contributed by atoms with Crippen LogP contribution in [0.5, 0.6) is 17.2 Å². The molecule has 27 heavy (non-hydrogen) atoms. The number of methoxy groups -OCH3 is 3. The Morgan fingerprint density at radius 1 is 1.07 bits per heavy atom. The van der Waals surface area contributed by atoms with Gasteiger partial charge in [-0.05, 0) is 30.5 Å². The molecule has 7 heteroatoms. The van der Waals surface area contributed by atoms with Crippen LogP contribution in [0.4, 0.5) is 5.82 Å². The van der Waals surface area contributed by atoms with E-state index in [4.69, 9.17) is 14.2 Å². The van der Waals surface area contributed by atoms with Gasteiger partial charge in [0.1, 0.15) is 5.82 Å². The highest BCUT2D eigenvalue weighted by atomic mass is 16.5. The molecule has 1 aliphatic carbocycles. The Bertz CT molecular complexity index is 830. The number of ether oxygens (including phenoxy) is 3. The van der Waals surface area contributed by atoms with E-state index < -0.39 is 0 Å². The maximum absolute atomic E-state index is 12.5. The van der Waals surface area contributed by atoms with Crippen molar-refractivity contribution in [1.82, 2.24) is 9.78 Å². The molecule has 2 aromatic rings. The third kappa shape index (κ3) is 3.01. The average Bonchev–Trinajstić information content (AvgIpc) is 3.35. The topological polar surface area (TPSA) is 74.6 Å². The third-order valence-electron chi connectivity index (χ3n) is 5.61. The number of nitrogens with zero attached hydrogens (tertiary/aromatic N) is 2. The summed E-state index contributed by atoms with van der Waals surface area (Å²) in [6.45, 7) is 0. The number of hydrogen-bond acceptors (Lipinski definition) is 5. The fourth-order valence-corrected chi connectivity index (χ4v) is 4.26. The molecule has 1 aliphatic heterocycles. The van der Waals surface area contributed by atoms with Gasteiger partial charge in [-0.25, -0.2) is 4.68 Å². The monoisotopic (exact) mass is 371 g/mol. The first kappa shape index (κ1) is 17.7. The number of nitrogens with one attached hydrogen (secondary N) is 1. The molecule has 144 valence electrons. The molecule has 1 aromatic carbocycles. The van der Waals surface area contributed by atoms with E-state index in [0.717, 1.165) is 29.8 Å². The van der Waals surface area contributed by atoms with Crippen molar-refractivity contribution in [3.63, 3.8) is 0 Å². The summed E-state index contributed by atoms with van der Waals surface area (Å²) in [5.41, 5.74) is 1.99. The molecule has 1 N–H and O–H groups in total. The lowest BCUT2D eigenvalue weighted by molar-refractivity contribution is -0.116. The van der Waals surface area contributed by atoms with E-state index >= 15 is 0 Å². The van der Waals surface area contributed by atoms with Crippen LogP contribution in [0.25, 0.3) is 0 Å². The maximum Gasteiger partial charge on any atom is 0.226 e. The van der Waals surface area contributed by atoms with Crippen LogP contribution >= 0.6 is 0 Å². The Balaban J connectivity index is 1.78. The molecule has 4 rings (SSSR count). The summed E-state index contributed by atoms with van der Waals surface area (Å²) in [5, 5.41) is 7.66. The fourth-order valence-electron chi connectivity index (χ4n) is 4.26. The summed E-state index contributed by atoms with van der Waals surface area (Å²) in [7, 11) is 4.77. The van der Waals surface area contributed by atoms with Crippen molar-refractivity contribution in [2.75, 3.05) is 26.6 Å². The predicted octanol–water partition coefficient (Wildman–Crippen LogP) is 3.50. The van der Waals surface area contributed by atoms with Crippen LogP contribution in [-0.4, -0.2) is 37.0 Å². The first-order valence-electron chi connectivity index (χ1n) is 9.33. The van der Waals surface area contributed by atoms with Crippen molar-refractivity contribution in [3.8, 4) is 17.2 Å². The lowest BCUT2D eigenvalue weighted by Crippen LogP contribution is -2.25. The van der Waals surface area contributed by atoms with Gasteiger partial charge in [0.05, 0.1) is 33.6 Å². The molecule has 1 atom stereocenters. The number of carbonyl (C=O) groups is 1. The van der Waals surface area contributed by atoms with Gasteiger partial charge in [-0.15, -0.1) is 0 Å². The second-order valence-electron chi connectivity index (χ2n) is 7.09. The number of rotatable bonds is 5. The lowest BCUT2D eigenvalue weighted by atomic mass is 9.87. The summed E-state index contributed by atoms with van der Waals surface area (Å²) in [4.78, 5) is 12.5. The van der Waals surface area contributed by atoms with Gasteiger partial charge < -0.3 is 19.5 Å². The molecule has 1 amide bonds. The molecule has 2 aliphatic rings. The Kier molecular flexibility index (Phi) is 4.68. The van der Waals surface area contributed by atoms with Crippen LogP contribution in [0.1, 0.15) is 55.2 Å². The molecular formula is C20H25N3O4. The summed E-state index contributed by atoms with van der Waals surface area (Å²) >= 11 is 0. The molecule has 0 spiro atoms. The third-order valence-corrected chi connectivity index (χ3v) is 5.61. The number of aromatic nitrogens is 2. The van der Waals surface area contributed by atoms with Crippen LogP contribution < -0.4 is 19.5 Å². The summed E-state index contributed by atoms with van der Waals surface area (Å²) in [6.07, 6.45) is 6.90. The minimum Gasteiger partial charge on any atom is -0.493 e. The molecule has 0 radical (unpaired) electrons. The predicted molar refractivity (Wildman–Crippen MR) is 101 cm³/mol. The molecule has 1 saturated carbocycles. The van der Waals surface area contributed by atoms with Gasteiger partial charge in [0.2, 0.25) is 11.7 Å². The quantitative estimate of drug-likeness (QED) is 0.871. The fraction of sp³-hybridized carbons (Fsp3) is 0.500. The van der Waals surface area contributed by atoms with Crippen molar-refractivity contribution >= 4 is 11.7 Å². The van der Waals surface area contributed by atoms with Crippen molar-refractivity contribution in [3.05, 3.63) is 29.5 Å². The van der Waals surface area contributed by atoms with Gasteiger partial charge in [-0.1, -0.05) is 12.8 Å². The molecule has 2 heterocycles. The molecular weight excluding hydrogens is 346 g/mol. The highest BCUT2D eigenvalue weighted by Gasteiger charge is 2.33. The van der Waals surface area contributed by atoms with Gasteiger partial charge in [0.15, 0.2) is 11.5 Å². The van der Waals surface area contributed by atoms with Gasteiger partial charge in [-0.2, -0.15) is 5.10 Å². The number of carbonyl (C=O) groups excluding carboxylic acids is 1. The minimum absolute atomic E-state index is 0.000925. The van der Waals surface area contributed by atoms with Crippen LogP contribution in [0.3, 0.4) is 0 Å². The van der Waals surface area contributed by atoms with E-state index in [1.54, 1.807) is 21.3 Å². The van der Waals surface area contributed by atoms with E-state index in [-0.39, 0.29) is 11.8 Å². The Hall–Kier alpha value is -2.70. The highest BCUT2D eigenvalue weighted by Crippen LogP contribution is 2.45. The number of amides is 1. The lowest BCUT2D eigenvalue weighted by Gasteiger charge is -2.26. The van der Waals surface area contributed by atoms with Crippen molar-refractivity contribution in [1.29, 1.82) is 0 Å². The average molecular weight is 371 g/mol. The molecule has 1 fully saturated rings. The molecule has 0 saturated heterocycles. The summed E-state index contributed by atoms with van der Waals surface area (Å²) in [5.74, 6) is 2.45. The smallest absolute Gasteiger partial charge is 0.226 e. The summed E-state index contributed by atoms with van der Waals surface area (Å²) in [6, 6.07) is 4.20. The number of fused-ring (bicyclic) bond motifs is 1. The Labute approximate surface area is 158 Å². The van der Waals surface area contributed by atoms with Crippen LogP contribution in [0.15, 0.2) is 18.3 Å². The van der Waals surface area contributed by atoms with Crippen molar-refractivity contribution in [2.24, 2.45) is 0 Å². The van der Waals surface area contributed by atoms with Crippen LogP contribution in [0.2, 0.25) is 0 Å². The SMILES string of the molecule is COc1cc(C2CC(=O)Nc3c2cnn3C2CCCC2)cc(OC)c1OC. The van der Waals surface area contributed by atoms with Crippen molar-refractivity contribution < 1.29 is 19.0 Å². The zero-order valence-corrected chi connectivity index (χ0v) is 15.9. The minimum atomic E-state index is -0.0994. The zero-order chi connectivity index (χ0) is 19.0. The van der Waals surface area contributed by atoms with E-state index in [9.17, 15) is 4.79 Å². The molecule has 1 unspecified atom stereocenters. The second-order valence-corrected chi connectivity index (χ2v) is 7.09. The number of anilines is 1. The molecule has 1 aromatic heterocycles.